The quantitative estimate of drug-likeness (QED) is 0.122. The van der Waals surface area contributed by atoms with Crippen LogP contribution in [0.3, 0.4) is 0 Å². The maximum Gasteiger partial charge on any atom is 0.407 e. The fourth-order valence-electron chi connectivity index (χ4n) is 9.00. The summed E-state index contributed by atoms with van der Waals surface area (Å²) in [4.78, 5) is 69.7. The van der Waals surface area contributed by atoms with Gasteiger partial charge in [-0.05, 0) is 91.1 Å². The topological polar surface area (TPSA) is 177 Å². The minimum atomic E-state index is -0.913. The number of amides is 4. The van der Waals surface area contributed by atoms with Crippen LogP contribution in [0.15, 0.2) is 114 Å². The predicted octanol–water partition coefficient (Wildman–Crippen LogP) is 8.79. The maximum atomic E-state index is 14.2. The van der Waals surface area contributed by atoms with E-state index in [0.717, 1.165) is 60.2 Å². The number of imidazole rings is 1. The molecule has 1 aromatic heterocycles. The molecule has 15 nitrogen and oxygen atoms in total. The molecule has 15 heteroatoms. The smallest absolute Gasteiger partial charge is 0.407 e. The van der Waals surface area contributed by atoms with E-state index < -0.39 is 24.3 Å². The zero-order valence-electron chi connectivity index (χ0n) is 35.6. The standard InChI is InChI=1S/C49H49N7O8/c1-61-48(59)53-43(30-13-5-3-6-14-30)46(57)55-23-11-9-17-37(55)35-25-34(28-50-35)32-19-21-39-41(26-32)63-40-22-20-33(27-42(40)64-39)36-29-51-45(52-36)38-18-10-12-24-56(38)47(58)44(54-49(60)62-2)31-15-7-4-8-16-31/h3-8,13-16,19-22,26-29,37-38,43-44H,9-12,17-18,23-25H2,1-2H3,(H,51,52)(H,53,59)(H,54,60)/t37-,38-,43+,44+/m0/s1. The predicted molar refractivity (Wildman–Crippen MR) is 238 cm³/mol. The lowest BCUT2D eigenvalue weighted by Gasteiger charge is -2.38. The molecule has 4 atom stereocenters. The van der Waals surface area contributed by atoms with Gasteiger partial charge in [-0.1, -0.05) is 66.7 Å². The first kappa shape index (κ1) is 41.9. The molecule has 0 bridgehead atoms. The molecule has 64 heavy (non-hydrogen) atoms. The normalized spacial score (nSPS) is 18.7. The van der Waals surface area contributed by atoms with Crippen LogP contribution in [0.25, 0.3) is 16.8 Å². The fraction of sp³-hybridized carbons (Fsp3) is 0.306. The number of fused-ring (bicyclic) bond motifs is 2. The van der Waals surface area contributed by atoms with Gasteiger partial charge in [0.25, 0.3) is 5.91 Å². The summed E-state index contributed by atoms with van der Waals surface area (Å²) in [6.45, 7) is 1.08. The molecule has 5 aromatic rings. The molecule has 0 saturated carbocycles. The minimum Gasteiger partial charge on any atom is -0.453 e. The summed E-state index contributed by atoms with van der Waals surface area (Å²) in [5.74, 6) is 2.47. The Morgan fingerprint density at radius 1 is 0.672 bits per heavy atom. The molecule has 0 radical (unpaired) electrons. The monoisotopic (exact) mass is 863 g/mol. The summed E-state index contributed by atoms with van der Waals surface area (Å²) in [5.41, 5.74) is 5.76. The van der Waals surface area contributed by atoms with Crippen molar-refractivity contribution < 1.29 is 38.1 Å². The lowest BCUT2D eigenvalue weighted by molar-refractivity contribution is -0.137. The molecule has 4 aliphatic rings. The molecule has 3 N–H and O–H groups in total. The summed E-state index contributed by atoms with van der Waals surface area (Å²) in [6, 6.07) is 27.6. The number of alkyl carbamates (subject to hydrolysis) is 2. The van der Waals surface area contributed by atoms with Gasteiger partial charge in [0.05, 0.1) is 38.2 Å². The molecule has 0 spiro atoms. The Bertz CT molecular complexity index is 2610. The van der Waals surface area contributed by atoms with Crippen molar-refractivity contribution in [2.24, 2.45) is 4.99 Å². The van der Waals surface area contributed by atoms with Crippen LogP contribution in [0.4, 0.5) is 9.59 Å². The summed E-state index contributed by atoms with van der Waals surface area (Å²) < 4.78 is 22.5. The highest BCUT2D eigenvalue weighted by Crippen LogP contribution is 2.48. The van der Waals surface area contributed by atoms with E-state index in [9.17, 15) is 19.2 Å². The van der Waals surface area contributed by atoms with Gasteiger partial charge in [0.2, 0.25) is 5.91 Å². The van der Waals surface area contributed by atoms with Crippen molar-refractivity contribution in [2.75, 3.05) is 27.3 Å². The first-order valence-corrected chi connectivity index (χ1v) is 21.6. The molecule has 5 heterocycles. The van der Waals surface area contributed by atoms with Crippen molar-refractivity contribution in [3.05, 3.63) is 132 Å². The van der Waals surface area contributed by atoms with Crippen molar-refractivity contribution >= 4 is 35.3 Å². The number of benzene rings is 4. The largest absolute Gasteiger partial charge is 0.453 e. The van der Waals surface area contributed by atoms with Crippen LogP contribution in [0.2, 0.25) is 0 Å². The summed E-state index contributed by atoms with van der Waals surface area (Å²) in [7, 11) is 2.56. The third-order valence-corrected chi connectivity index (χ3v) is 12.3. The second-order valence-electron chi connectivity index (χ2n) is 16.2. The van der Waals surface area contributed by atoms with Gasteiger partial charge in [-0.2, -0.15) is 0 Å². The van der Waals surface area contributed by atoms with Crippen LogP contribution in [-0.2, 0) is 19.1 Å². The number of nitrogens with zero attached hydrogens (tertiary/aromatic N) is 4. The summed E-state index contributed by atoms with van der Waals surface area (Å²) in [6.07, 6.45) is 7.90. The molecule has 0 aliphatic carbocycles. The second-order valence-corrected chi connectivity index (χ2v) is 16.2. The Labute approximate surface area is 370 Å². The van der Waals surface area contributed by atoms with E-state index in [0.29, 0.717) is 65.9 Å². The fourth-order valence-corrected chi connectivity index (χ4v) is 9.00. The van der Waals surface area contributed by atoms with Gasteiger partial charge in [0.1, 0.15) is 17.9 Å². The Morgan fingerprint density at radius 2 is 1.20 bits per heavy atom. The number of aromatic amines is 1. The zero-order chi connectivity index (χ0) is 44.2. The number of hydrogen-bond donors (Lipinski definition) is 3. The van der Waals surface area contributed by atoms with E-state index in [2.05, 4.69) is 15.6 Å². The van der Waals surface area contributed by atoms with E-state index >= 15 is 0 Å². The van der Waals surface area contributed by atoms with Crippen molar-refractivity contribution in [3.63, 3.8) is 0 Å². The average molecular weight is 864 g/mol. The van der Waals surface area contributed by atoms with Gasteiger partial charge in [-0.15, -0.1) is 0 Å². The van der Waals surface area contributed by atoms with Crippen molar-refractivity contribution in [1.82, 2.24) is 30.4 Å². The van der Waals surface area contributed by atoms with E-state index in [1.807, 2.05) is 108 Å². The number of ether oxygens (including phenoxy) is 4. The first-order valence-electron chi connectivity index (χ1n) is 21.6. The van der Waals surface area contributed by atoms with Crippen molar-refractivity contribution in [3.8, 4) is 34.3 Å². The van der Waals surface area contributed by atoms with E-state index in [-0.39, 0.29) is 23.9 Å². The number of carbonyl (C=O) groups is 4. The van der Waals surface area contributed by atoms with Gasteiger partial charge >= 0.3 is 12.2 Å². The van der Waals surface area contributed by atoms with Gasteiger partial charge in [-0.3, -0.25) is 14.6 Å². The third kappa shape index (κ3) is 8.65. The van der Waals surface area contributed by atoms with Crippen LogP contribution >= 0.6 is 0 Å². The van der Waals surface area contributed by atoms with Crippen molar-refractivity contribution in [1.29, 1.82) is 0 Å². The van der Waals surface area contributed by atoms with E-state index in [1.165, 1.54) is 14.2 Å². The number of nitrogens with one attached hydrogen (secondary N) is 3. The minimum absolute atomic E-state index is 0.196. The highest BCUT2D eigenvalue weighted by molar-refractivity contribution is 6.04. The average Bonchev–Trinajstić information content (AvgIpc) is 4.06. The summed E-state index contributed by atoms with van der Waals surface area (Å²) in [5, 5.41) is 5.47. The van der Waals surface area contributed by atoms with Crippen LogP contribution in [0.1, 0.15) is 85.6 Å². The number of H-pyrrole nitrogens is 1. The number of aromatic nitrogens is 2. The number of piperidine rings is 2. The van der Waals surface area contributed by atoms with Crippen LogP contribution in [0.5, 0.6) is 23.0 Å². The number of carbonyl (C=O) groups excluding carboxylic acids is 4. The number of aliphatic imine (C=N–C) groups is 1. The highest BCUT2D eigenvalue weighted by atomic mass is 16.6. The Kier molecular flexibility index (Phi) is 12.1. The molecule has 328 valence electrons. The number of methoxy groups -OCH3 is 2. The molecule has 4 amide bonds. The van der Waals surface area contributed by atoms with Crippen LogP contribution < -0.4 is 20.1 Å². The number of likely N-dealkylation sites (tertiary alicyclic amines) is 2. The summed E-state index contributed by atoms with van der Waals surface area (Å²) >= 11 is 0. The number of hydrogen-bond acceptors (Lipinski definition) is 10. The Hall–Kier alpha value is -7.42. The molecule has 9 rings (SSSR count). The van der Waals surface area contributed by atoms with Gasteiger partial charge in [-0.25, -0.2) is 14.6 Å². The van der Waals surface area contributed by atoms with Crippen LogP contribution in [0, 0.1) is 0 Å². The first-order chi connectivity index (χ1) is 31.3. The van der Waals surface area contributed by atoms with Gasteiger partial charge < -0.3 is 44.4 Å². The molecule has 2 saturated heterocycles. The SMILES string of the molecule is COC(=O)N[C@@H](C(=O)N1CCCC[C@H]1C1=NC=C(c2ccc3c(c2)Oc2ccc(-c4cnc([C@@H]5CCCCN5C(=O)[C@H](NC(=O)OC)c5ccccc5)[nH]4)cc2O3)C1)c1ccccc1. The Balaban J connectivity index is 0.871. The van der Waals surface area contributed by atoms with E-state index in [4.69, 9.17) is 28.9 Å². The molecular formula is C49H49N7O8. The van der Waals surface area contributed by atoms with Crippen molar-refractivity contribution in [2.45, 2.75) is 69.1 Å². The molecular weight excluding hydrogens is 815 g/mol. The number of rotatable bonds is 10. The third-order valence-electron chi connectivity index (χ3n) is 12.3. The Morgan fingerprint density at radius 3 is 1.78 bits per heavy atom. The lowest BCUT2D eigenvalue weighted by atomic mass is 9.92. The molecule has 4 aliphatic heterocycles. The zero-order valence-corrected chi connectivity index (χ0v) is 35.6. The molecule has 4 aromatic carbocycles. The second kappa shape index (κ2) is 18.5. The van der Waals surface area contributed by atoms with Gasteiger partial charge in [0, 0.05) is 37.0 Å². The van der Waals surface area contributed by atoms with Crippen LogP contribution in [-0.4, -0.2) is 82.8 Å². The number of allylic oxidation sites excluding steroid dienone is 1. The highest BCUT2D eigenvalue weighted by Gasteiger charge is 2.38. The molecule has 0 unspecified atom stereocenters. The lowest BCUT2D eigenvalue weighted by Crippen LogP contribution is -2.52. The van der Waals surface area contributed by atoms with Gasteiger partial charge in [0.15, 0.2) is 23.0 Å². The maximum absolute atomic E-state index is 14.2. The molecule has 2 fully saturated rings. The van der Waals surface area contributed by atoms with E-state index in [1.54, 1.807) is 11.1 Å².